The summed E-state index contributed by atoms with van der Waals surface area (Å²) in [6.45, 7) is 3.19. The first kappa shape index (κ1) is 20.9. The van der Waals surface area contributed by atoms with E-state index in [4.69, 9.17) is 0 Å². The SMILES string of the molecule is CCS(=O)(=O)NCc1ccc(C(=O)N(C)CCNC)cc1.Cl. The second-order valence-electron chi connectivity index (χ2n) is 4.75. The van der Waals surface area contributed by atoms with Gasteiger partial charge in [-0.05, 0) is 31.7 Å². The average Bonchev–Trinajstić information content (AvgIpc) is 2.50. The van der Waals surface area contributed by atoms with Crippen molar-refractivity contribution in [2.75, 3.05) is 32.9 Å². The van der Waals surface area contributed by atoms with E-state index in [0.29, 0.717) is 12.1 Å². The molecule has 1 rings (SSSR count). The highest BCUT2D eigenvalue weighted by Gasteiger charge is 2.11. The molecule has 0 radical (unpaired) electrons. The molecule has 0 spiro atoms. The number of hydrogen-bond donors (Lipinski definition) is 2. The van der Waals surface area contributed by atoms with Crippen molar-refractivity contribution in [3.8, 4) is 0 Å². The maximum Gasteiger partial charge on any atom is 0.253 e. The van der Waals surface area contributed by atoms with Gasteiger partial charge in [0.2, 0.25) is 10.0 Å². The second-order valence-corrected chi connectivity index (χ2v) is 6.85. The number of hydrogen-bond acceptors (Lipinski definition) is 4. The Morgan fingerprint density at radius 2 is 1.82 bits per heavy atom. The van der Waals surface area contributed by atoms with E-state index in [1.54, 1.807) is 43.1 Å². The van der Waals surface area contributed by atoms with E-state index in [0.717, 1.165) is 12.1 Å². The van der Waals surface area contributed by atoms with Crippen molar-refractivity contribution in [3.05, 3.63) is 35.4 Å². The Labute approximate surface area is 138 Å². The molecule has 0 saturated heterocycles. The third kappa shape index (κ3) is 6.74. The van der Waals surface area contributed by atoms with Crippen molar-refractivity contribution in [3.63, 3.8) is 0 Å². The smallest absolute Gasteiger partial charge is 0.253 e. The van der Waals surface area contributed by atoms with Gasteiger partial charge < -0.3 is 10.2 Å². The van der Waals surface area contributed by atoms with E-state index in [2.05, 4.69) is 10.0 Å². The molecule has 0 atom stereocenters. The molecule has 0 aliphatic heterocycles. The number of rotatable bonds is 8. The zero-order valence-electron chi connectivity index (χ0n) is 13.1. The number of carbonyl (C=O) groups excluding carboxylic acids is 1. The van der Waals surface area contributed by atoms with Gasteiger partial charge >= 0.3 is 0 Å². The van der Waals surface area contributed by atoms with Gasteiger partial charge in [-0.1, -0.05) is 12.1 Å². The van der Waals surface area contributed by atoms with Crippen LogP contribution in [0.25, 0.3) is 0 Å². The third-order valence-electron chi connectivity index (χ3n) is 3.12. The molecule has 0 fully saturated rings. The monoisotopic (exact) mass is 349 g/mol. The van der Waals surface area contributed by atoms with Gasteiger partial charge in [-0.25, -0.2) is 13.1 Å². The van der Waals surface area contributed by atoms with Gasteiger partial charge in [-0.2, -0.15) is 0 Å². The molecular weight excluding hydrogens is 326 g/mol. The fraction of sp³-hybridized carbons (Fsp3) is 0.500. The molecular formula is C14H24ClN3O3S. The molecule has 0 heterocycles. The standard InChI is InChI=1S/C14H23N3O3S.ClH/c1-4-21(19,20)16-11-12-5-7-13(8-6-12)14(18)17(3)10-9-15-2;/h5-8,15-16H,4,9-11H2,1-3H3;1H. The predicted molar refractivity (Wildman–Crippen MR) is 90.9 cm³/mol. The summed E-state index contributed by atoms with van der Waals surface area (Å²) in [5.74, 6) is 0.00533. The predicted octanol–water partition coefficient (Wildman–Crippen LogP) is 0.839. The van der Waals surface area contributed by atoms with E-state index >= 15 is 0 Å². The topological polar surface area (TPSA) is 78.5 Å². The fourth-order valence-electron chi connectivity index (χ4n) is 1.66. The molecule has 0 aliphatic carbocycles. The molecule has 1 amide bonds. The van der Waals surface area contributed by atoms with Gasteiger partial charge in [0, 0.05) is 32.2 Å². The normalized spacial score (nSPS) is 10.9. The summed E-state index contributed by atoms with van der Waals surface area (Å²) in [6, 6.07) is 6.95. The maximum atomic E-state index is 12.1. The van der Waals surface area contributed by atoms with Crippen LogP contribution in [0.5, 0.6) is 0 Å². The minimum absolute atomic E-state index is 0. The summed E-state index contributed by atoms with van der Waals surface area (Å²) in [5, 5.41) is 2.99. The number of amides is 1. The Kier molecular flexibility index (Phi) is 9.27. The van der Waals surface area contributed by atoms with Gasteiger partial charge in [0.1, 0.15) is 0 Å². The van der Waals surface area contributed by atoms with Crippen LogP contribution in [0.2, 0.25) is 0 Å². The number of likely N-dealkylation sites (N-methyl/N-ethyl adjacent to an activating group) is 2. The second kappa shape index (κ2) is 9.78. The number of nitrogens with zero attached hydrogens (tertiary/aromatic N) is 1. The van der Waals surface area contributed by atoms with Gasteiger partial charge in [0.15, 0.2) is 0 Å². The Balaban J connectivity index is 0.00000441. The van der Waals surface area contributed by atoms with Crippen LogP contribution >= 0.6 is 12.4 Å². The summed E-state index contributed by atoms with van der Waals surface area (Å²) in [7, 11) is 0.391. The molecule has 126 valence electrons. The summed E-state index contributed by atoms with van der Waals surface area (Å²) in [6.07, 6.45) is 0. The van der Waals surface area contributed by atoms with Crippen molar-refractivity contribution < 1.29 is 13.2 Å². The molecule has 0 aromatic heterocycles. The molecule has 1 aromatic carbocycles. The lowest BCUT2D eigenvalue weighted by atomic mass is 10.1. The Morgan fingerprint density at radius 3 is 2.32 bits per heavy atom. The molecule has 2 N–H and O–H groups in total. The van der Waals surface area contributed by atoms with Gasteiger partial charge in [0.05, 0.1) is 5.75 Å². The largest absolute Gasteiger partial charge is 0.340 e. The average molecular weight is 350 g/mol. The first-order chi connectivity index (χ1) is 9.89. The first-order valence-corrected chi connectivity index (χ1v) is 8.51. The van der Waals surface area contributed by atoms with Crippen LogP contribution in [0.15, 0.2) is 24.3 Å². The summed E-state index contributed by atoms with van der Waals surface area (Å²) in [4.78, 5) is 13.8. The molecule has 8 heteroatoms. The van der Waals surface area contributed by atoms with Crippen LogP contribution in [0.4, 0.5) is 0 Å². The zero-order chi connectivity index (χ0) is 15.9. The highest BCUT2D eigenvalue weighted by Crippen LogP contribution is 2.07. The summed E-state index contributed by atoms with van der Waals surface area (Å²) >= 11 is 0. The van der Waals surface area contributed by atoms with Crippen LogP contribution in [0.1, 0.15) is 22.8 Å². The van der Waals surface area contributed by atoms with Crippen LogP contribution in [-0.2, 0) is 16.6 Å². The van der Waals surface area contributed by atoms with Crippen LogP contribution in [0, 0.1) is 0 Å². The van der Waals surface area contributed by atoms with E-state index in [9.17, 15) is 13.2 Å². The van der Waals surface area contributed by atoms with Crippen molar-refractivity contribution in [2.45, 2.75) is 13.5 Å². The van der Waals surface area contributed by atoms with Crippen molar-refractivity contribution in [1.82, 2.24) is 14.9 Å². The van der Waals surface area contributed by atoms with E-state index in [1.165, 1.54) is 0 Å². The number of nitrogens with one attached hydrogen (secondary N) is 2. The van der Waals surface area contributed by atoms with E-state index < -0.39 is 10.0 Å². The Hall–Kier alpha value is -1.15. The van der Waals surface area contributed by atoms with E-state index in [1.807, 2.05) is 7.05 Å². The van der Waals surface area contributed by atoms with Crippen molar-refractivity contribution in [1.29, 1.82) is 0 Å². The van der Waals surface area contributed by atoms with Gasteiger partial charge in [-0.15, -0.1) is 12.4 Å². The maximum absolute atomic E-state index is 12.1. The Morgan fingerprint density at radius 1 is 1.23 bits per heavy atom. The molecule has 22 heavy (non-hydrogen) atoms. The minimum Gasteiger partial charge on any atom is -0.340 e. The molecule has 0 unspecified atom stereocenters. The Bertz CT molecular complexity index is 561. The van der Waals surface area contributed by atoms with Crippen LogP contribution in [0.3, 0.4) is 0 Å². The van der Waals surface area contributed by atoms with Gasteiger partial charge in [-0.3, -0.25) is 4.79 Å². The first-order valence-electron chi connectivity index (χ1n) is 6.86. The minimum atomic E-state index is -3.20. The highest BCUT2D eigenvalue weighted by molar-refractivity contribution is 7.89. The molecule has 0 aliphatic rings. The third-order valence-corrected chi connectivity index (χ3v) is 4.47. The van der Waals surface area contributed by atoms with Crippen molar-refractivity contribution in [2.24, 2.45) is 0 Å². The van der Waals surface area contributed by atoms with Gasteiger partial charge in [0.25, 0.3) is 5.91 Å². The van der Waals surface area contributed by atoms with Crippen LogP contribution in [-0.4, -0.2) is 52.2 Å². The number of carbonyl (C=O) groups is 1. The van der Waals surface area contributed by atoms with Crippen LogP contribution < -0.4 is 10.0 Å². The molecule has 0 bridgehead atoms. The highest BCUT2D eigenvalue weighted by atomic mass is 35.5. The molecule has 6 nitrogen and oxygen atoms in total. The number of benzene rings is 1. The molecule has 0 saturated carbocycles. The summed E-state index contributed by atoms with van der Waals surface area (Å²) < 4.78 is 25.2. The lowest BCUT2D eigenvalue weighted by molar-refractivity contribution is 0.0797. The van der Waals surface area contributed by atoms with E-state index in [-0.39, 0.29) is 30.6 Å². The molecule has 1 aromatic rings. The summed E-state index contributed by atoms with van der Waals surface area (Å²) in [5.41, 5.74) is 1.41. The van der Waals surface area contributed by atoms with Crippen molar-refractivity contribution >= 4 is 28.3 Å². The number of sulfonamides is 1. The lowest BCUT2D eigenvalue weighted by Crippen LogP contribution is -2.32. The zero-order valence-corrected chi connectivity index (χ0v) is 14.8. The quantitative estimate of drug-likeness (QED) is 0.729. The lowest BCUT2D eigenvalue weighted by Gasteiger charge is -2.17. The fourth-order valence-corrected chi connectivity index (χ4v) is 2.25. The number of halogens is 1.